The van der Waals surface area contributed by atoms with Gasteiger partial charge in [0.15, 0.2) is 0 Å². The lowest BCUT2D eigenvalue weighted by Gasteiger charge is -2.04. The molecule has 0 atom stereocenters. The Hall–Kier alpha value is -1.27. The minimum atomic E-state index is -0.187. The van der Waals surface area contributed by atoms with Gasteiger partial charge < -0.3 is 0 Å². The van der Waals surface area contributed by atoms with Crippen molar-refractivity contribution in [3.63, 3.8) is 0 Å². The molecule has 0 aliphatic rings. The van der Waals surface area contributed by atoms with E-state index < -0.39 is 0 Å². The van der Waals surface area contributed by atoms with Gasteiger partial charge in [-0.2, -0.15) is 0 Å². The zero-order valence-electron chi connectivity index (χ0n) is 9.32. The predicted molar refractivity (Wildman–Crippen MR) is 71.5 cm³/mol. The fraction of sp³-hybridized carbons (Fsp3) is 0.182. The van der Waals surface area contributed by atoms with Crippen LogP contribution in [0.25, 0.3) is 0 Å². The van der Waals surface area contributed by atoms with Gasteiger partial charge in [-0.1, -0.05) is 17.4 Å². The van der Waals surface area contributed by atoms with Crippen molar-refractivity contribution in [2.75, 3.05) is 5.32 Å². The second-order valence-corrected chi connectivity index (χ2v) is 5.60. The van der Waals surface area contributed by atoms with Crippen molar-refractivity contribution in [3.05, 3.63) is 38.8 Å². The summed E-state index contributed by atoms with van der Waals surface area (Å²) in [5, 5.41) is 11.7. The molecule has 0 fully saturated rings. The van der Waals surface area contributed by atoms with Crippen LogP contribution in [0.4, 0.5) is 5.13 Å². The molecule has 1 N–H and O–H groups in total. The lowest BCUT2D eigenvalue weighted by molar-refractivity contribution is 0.102. The van der Waals surface area contributed by atoms with E-state index in [1.807, 2.05) is 26.0 Å². The fourth-order valence-electron chi connectivity index (χ4n) is 1.32. The zero-order valence-corrected chi connectivity index (χ0v) is 11.7. The van der Waals surface area contributed by atoms with Crippen LogP contribution in [0, 0.1) is 13.8 Å². The normalized spacial score (nSPS) is 10.3. The second-order valence-electron chi connectivity index (χ2n) is 3.56. The van der Waals surface area contributed by atoms with Gasteiger partial charge in [-0.25, -0.2) is 0 Å². The Labute approximate surface area is 111 Å². The largest absolute Gasteiger partial charge is 0.296 e. The minimum Gasteiger partial charge on any atom is -0.296 e. The molecular formula is C11H10BrN3OS. The third kappa shape index (κ3) is 2.89. The van der Waals surface area contributed by atoms with Crippen LogP contribution in [0.3, 0.4) is 0 Å². The van der Waals surface area contributed by atoms with Crippen molar-refractivity contribution in [2.24, 2.45) is 0 Å². The molecule has 0 aliphatic heterocycles. The number of carbonyl (C=O) groups is 1. The van der Waals surface area contributed by atoms with Gasteiger partial charge in [0.05, 0.1) is 5.56 Å². The molecule has 2 rings (SSSR count). The maximum Gasteiger partial charge on any atom is 0.258 e. The van der Waals surface area contributed by atoms with E-state index in [9.17, 15) is 4.79 Å². The van der Waals surface area contributed by atoms with E-state index in [0.717, 1.165) is 15.0 Å². The third-order valence-electron chi connectivity index (χ3n) is 2.12. The lowest BCUT2D eigenvalue weighted by Crippen LogP contribution is -2.12. The first-order valence-corrected chi connectivity index (χ1v) is 6.55. The molecule has 1 heterocycles. The second kappa shape index (κ2) is 4.93. The highest BCUT2D eigenvalue weighted by Gasteiger charge is 2.12. The van der Waals surface area contributed by atoms with E-state index in [1.54, 1.807) is 6.07 Å². The Morgan fingerprint density at radius 1 is 1.35 bits per heavy atom. The Balaban J connectivity index is 2.20. The lowest BCUT2D eigenvalue weighted by atomic mass is 10.1. The monoisotopic (exact) mass is 311 g/mol. The highest BCUT2D eigenvalue weighted by Crippen LogP contribution is 2.21. The first kappa shape index (κ1) is 12.2. The van der Waals surface area contributed by atoms with Crippen molar-refractivity contribution in [2.45, 2.75) is 13.8 Å². The summed E-state index contributed by atoms with van der Waals surface area (Å²) >= 11 is 4.72. The molecule has 17 heavy (non-hydrogen) atoms. The highest BCUT2D eigenvalue weighted by molar-refractivity contribution is 9.10. The van der Waals surface area contributed by atoms with Crippen LogP contribution in [0.5, 0.6) is 0 Å². The summed E-state index contributed by atoms with van der Waals surface area (Å²) in [4.78, 5) is 12.0. The van der Waals surface area contributed by atoms with E-state index in [2.05, 4.69) is 31.4 Å². The van der Waals surface area contributed by atoms with Crippen molar-refractivity contribution in [3.8, 4) is 0 Å². The molecule has 0 radical (unpaired) electrons. The van der Waals surface area contributed by atoms with Crippen molar-refractivity contribution in [1.82, 2.24) is 10.2 Å². The Bertz CT molecular complexity index is 568. The quantitative estimate of drug-likeness (QED) is 0.926. The van der Waals surface area contributed by atoms with Crippen LogP contribution in [0.2, 0.25) is 0 Å². The topological polar surface area (TPSA) is 54.9 Å². The smallest absolute Gasteiger partial charge is 0.258 e. The van der Waals surface area contributed by atoms with Crippen molar-refractivity contribution >= 4 is 38.3 Å². The number of nitrogens with one attached hydrogen (secondary N) is 1. The highest BCUT2D eigenvalue weighted by atomic mass is 79.9. The average molecular weight is 312 g/mol. The molecule has 0 saturated heterocycles. The Morgan fingerprint density at radius 3 is 2.71 bits per heavy atom. The van der Waals surface area contributed by atoms with Gasteiger partial charge in [0.25, 0.3) is 5.91 Å². The van der Waals surface area contributed by atoms with Crippen LogP contribution < -0.4 is 5.32 Å². The maximum atomic E-state index is 12.0. The number of rotatable bonds is 2. The molecule has 0 bridgehead atoms. The molecule has 1 amide bonds. The van der Waals surface area contributed by atoms with E-state index in [1.165, 1.54) is 11.3 Å². The van der Waals surface area contributed by atoms with Gasteiger partial charge in [0.1, 0.15) is 5.01 Å². The van der Waals surface area contributed by atoms with Gasteiger partial charge in [-0.15, -0.1) is 10.2 Å². The van der Waals surface area contributed by atoms with Gasteiger partial charge in [0, 0.05) is 4.47 Å². The van der Waals surface area contributed by atoms with Crippen LogP contribution >= 0.6 is 27.3 Å². The van der Waals surface area contributed by atoms with E-state index in [4.69, 9.17) is 0 Å². The van der Waals surface area contributed by atoms with E-state index in [-0.39, 0.29) is 5.91 Å². The number of hydrogen-bond donors (Lipinski definition) is 1. The zero-order chi connectivity index (χ0) is 12.4. The van der Waals surface area contributed by atoms with E-state index >= 15 is 0 Å². The van der Waals surface area contributed by atoms with Crippen LogP contribution in [-0.2, 0) is 0 Å². The molecule has 1 aromatic carbocycles. The summed E-state index contributed by atoms with van der Waals surface area (Å²) in [6.45, 7) is 3.82. The summed E-state index contributed by atoms with van der Waals surface area (Å²) in [5.41, 5.74) is 1.68. The average Bonchev–Trinajstić information content (AvgIpc) is 2.63. The molecular weight excluding hydrogens is 302 g/mol. The standard InChI is InChI=1S/C11H10BrN3OS/c1-6-3-4-8(9(12)5-6)10(16)13-11-15-14-7(2)17-11/h3-5H,1-2H3,(H,13,15,16). The number of amides is 1. The first-order chi connectivity index (χ1) is 8.06. The van der Waals surface area contributed by atoms with Gasteiger partial charge in [-0.05, 0) is 47.5 Å². The molecule has 1 aromatic heterocycles. The predicted octanol–water partition coefficient (Wildman–Crippen LogP) is 3.17. The number of benzene rings is 1. The molecule has 2 aromatic rings. The first-order valence-electron chi connectivity index (χ1n) is 4.94. The number of aryl methyl sites for hydroxylation is 2. The van der Waals surface area contributed by atoms with E-state index in [0.29, 0.717) is 10.7 Å². The number of carbonyl (C=O) groups excluding carboxylic acids is 1. The number of hydrogen-bond acceptors (Lipinski definition) is 4. The number of aromatic nitrogens is 2. The maximum absolute atomic E-state index is 12.0. The Morgan fingerprint density at radius 2 is 2.12 bits per heavy atom. The number of nitrogens with zero attached hydrogens (tertiary/aromatic N) is 2. The molecule has 0 spiro atoms. The summed E-state index contributed by atoms with van der Waals surface area (Å²) in [7, 11) is 0. The molecule has 4 nitrogen and oxygen atoms in total. The summed E-state index contributed by atoms with van der Waals surface area (Å²) in [6, 6.07) is 5.58. The van der Waals surface area contributed by atoms with Gasteiger partial charge in [0.2, 0.25) is 5.13 Å². The molecule has 0 unspecified atom stereocenters. The minimum absolute atomic E-state index is 0.187. The summed E-state index contributed by atoms with van der Waals surface area (Å²) < 4.78 is 0.774. The number of halogens is 1. The third-order valence-corrected chi connectivity index (χ3v) is 3.53. The van der Waals surface area contributed by atoms with Crippen molar-refractivity contribution in [1.29, 1.82) is 0 Å². The molecule has 88 valence electrons. The fourth-order valence-corrected chi connectivity index (χ4v) is 2.58. The molecule has 6 heteroatoms. The van der Waals surface area contributed by atoms with Crippen LogP contribution in [-0.4, -0.2) is 16.1 Å². The van der Waals surface area contributed by atoms with Crippen molar-refractivity contribution < 1.29 is 4.79 Å². The van der Waals surface area contributed by atoms with Crippen LogP contribution in [0.15, 0.2) is 22.7 Å². The van der Waals surface area contributed by atoms with Gasteiger partial charge in [-0.3, -0.25) is 10.1 Å². The summed E-state index contributed by atoms with van der Waals surface area (Å²) in [5.74, 6) is -0.187. The summed E-state index contributed by atoms with van der Waals surface area (Å²) in [6.07, 6.45) is 0. The SMILES string of the molecule is Cc1ccc(C(=O)Nc2nnc(C)s2)c(Br)c1. The van der Waals surface area contributed by atoms with Gasteiger partial charge >= 0.3 is 0 Å². The molecule has 0 saturated carbocycles. The number of anilines is 1. The molecule has 0 aliphatic carbocycles. The Kier molecular flexibility index (Phi) is 3.54. The van der Waals surface area contributed by atoms with Crippen LogP contribution in [0.1, 0.15) is 20.9 Å².